The van der Waals surface area contributed by atoms with Crippen molar-refractivity contribution < 1.29 is 24.5 Å². The smallest absolute Gasteiger partial charge is 0.335 e. The Morgan fingerprint density at radius 1 is 0.952 bits per heavy atom. The van der Waals surface area contributed by atoms with Crippen LogP contribution in [0.3, 0.4) is 0 Å². The lowest BCUT2D eigenvalue weighted by atomic mass is 10.2. The van der Waals surface area contributed by atoms with E-state index in [1.807, 2.05) is 0 Å². The van der Waals surface area contributed by atoms with Gasteiger partial charge in [0, 0.05) is 0 Å². The molecule has 0 amide bonds. The number of benzene rings is 2. The molecule has 2 aromatic rings. The van der Waals surface area contributed by atoms with Crippen molar-refractivity contribution in [2.45, 2.75) is 0 Å². The number of carbonyl (C=O) groups is 2. The quantitative estimate of drug-likeness (QED) is 0.882. The molecule has 0 radical (unpaired) electrons. The summed E-state index contributed by atoms with van der Waals surface area (Å²) in [5, 5.41) is 17.0. The molecule has 110 valence electrons. The van der Waals surface area contributed by atoms with Crippen LogP contribution in [0.5, 0.6) is 5.75 Å². The Hall–Kier alpha value is -2.34. The van der Waals surface area contributed by atoms with Gasteiger partial charge in [-0.1, -0.05) is 18.2 Å². The summed E-state index contributed by atoms with van der Waals surface area (Å²) in [6, 6.07) is 12.9. The minimum Gasteiger partial charge on any atom is -0.496 e. The molecule has 5 nitrogen and oxygen atoms in total. The Labute approximate surface area is 129 Å². The highest BCUT2D eigenvalue weighted by molar-refractivity contribution is 9.10. The van der Waals surface area contributed by atoms with Crippen molar-refractivity contribution in [3.05, 3.63) is 64.1 Å². The van der Waals surface area contributed by atoms with Gasteiger partial charge < -0.3 is 14.9 Å². The SMILES string of the molecule is COc1ccc(C(=O)O)cc1Br.O=C(O)c1ccccc1. The van der Waals surface area contributed by atoms with Crippen LogP contribution in [0.4, 0.5) is 0 Å². The number of hydrogen-bond acceptors (Lipinski definition) is 3. The normalized spacial score (nSPS) is 9.24. The van der Waals surface area contributed by atoms with Crippen molar-refractivity contribution in [3.63, 3.8) is 0 Å². The first-order valence-electron chi connectivity index (χ1n) is 5.81. The van der Waals surface area contributed by atoms with Gasteiger partial charge in [-0.05, 0) is 46.3 Å². The van der Waals surface area contributed by atoms with Crippen molar-refractivity contribution >= 4 is 27.9 Å². The molecule has 2 N–H and O–H groups in total. The third-order valence-electron chi connectivity index (χ3n) is 2.42. The summed E-state index contributed by atoms with van der Waals surface area (Å²) in [6.45, 7) is 0. The summed E-state index contributed by atoms with van der Waals surface area (Å²) < 4.78 is 5.58. The summed E-state index contributed by atoms with van der Waals surface area (Å²) in [7, 11) is 1.53. The Balaban J connectivity index is 0.000000219. The van der Waals surface area contributed by atoms with Gasteiger partial charge >= 0.3 is 11.9 Å². The Morgan fingerprint density at radius 2 is 1.52 bits per heavy atom. The maximum absolute atomic E-state index is 10.5. The van der Waals surface area contributed by atoms with Crippen molar-refractivity contribution in [2.75, 3.05) is 7.11 Å². The van der Waals surface area contributed by atoms with E-state index in [1.165, 1.54) is 19.2 Å². The zero-order chi connectivity index (χ0) is 15.8. The standard InChI is InChI=1S/C8H7BrO3.C7H6O2/c1-12-7-3-2-5(8(10)11)4-6(7)9;8-7(9)6-4-2-1-3-5-6/h2-4H,1H3,(H,10,11);1-5H,(H,8,9). The van der Waals surface area contributed by atoms with E-state index >= 15 is 0 Å². The van der Waals surface area contributed by atoms with E-state index in [4.69, 9.17) is 14.9 Å². The van der Waals surface area contributed by atoms with Crippen LogP contribution in [-0.4, -0.2) is 29.3 Å². The molecule has 0 bridgehead atoms. The van der Waals surface area contributed by atoms with Crippen LogP contribution in [0.2, 0.25) is 0 Å². The van der Waals surface area contributed by atoms with Crippen LogP contribution >= 0.6 is 15.9 Å². The largest absolute Gasteiger partial charge is 0.496 e. The fourth-order valence-corrected chi connectivity index (χ4v) is 1.92. The molecular formula is C15H13BrO5. The molecule has 0 aliphatic carbocycles. The fraction of sp³-hybridized carbons (Fsp3) is 0.0667. The molecular weight excluding hydrogens is 340 g/mol. The van der Waals surface area contributed by atoms with E-state index in [0.29, 0.717) is 15.8 Å². The van der Waals surface area contributed by atoms with Gasteiger partial charge in [0.25, 0.3) is 0 Å². The Bertz CT molecular complexity index is 625. The van der Waals surface area contributed by atoms with Gasteiger partial charge in [-0.15, -0.1) is 0 Å². The number of rotatable bonds is 3. The zero-order valence-electron chi connectivity index (χ0n) is 11.1. The summed E-state index contributed by atoms with van der Waals surface area (Å²) in [4.78, 5) is 20.7. The summed E-state index contributed by atoms with van der Waals surface area (Å²) in [5.41, 5.74) is 0.570. The number of methoxy groups -OCH3 is 1. The van der Waals surface area contributed by atoms with E-state index in [1.54, 1.807) is 36.4 Å². The van der Waals surface area contributed by atoms with Crippen LogP contribution in [0, 0.1) is 0 Å². The third kappa shape index (κ3) is 5.27. The molecule has 0 saturated heterocycles. The van der Waals surface area contributed by atoms with Gasteiger partial charge in [0.15, 0.2) is 0 Å². The van der Waals surface area contributed by atoms with Gasteiger partial charge in [-0.25, -0.2) is 9.59 Å². The Morgan fingerprint density at radius 3 is 1.90 bits per heavy atom. The lowest BCUT2D eigenvalue weighted by molar-refractivity contribution is 0.0686. The van der Waals surface area contributed by atoms with E-state index in [0.717, 1.165) is 0 Å². The molecule has 0 unspecified atom stereocenters. The van der Waals surface area contributed by atoms with Gasteiger partial charge in [0.05, 0.1) is 22.7 Å². The number of halogens is 1. The predicted molar refractivity (Wildman–Crippen MR) is 81.1 cm³/mol. The minimum absolute atomic E-state index is 0.239. The second kappa shape index (κ2) is 8.06. The van der Waals surface area contributed by atoms with Crippen molar-refractivity contribution in [2.24, 2.45) is 0 Å². The molecule has 0 fully saturated rings. The molecule has 0 heterocycles. The van der Waals surface area contributed by atoms with Crippen LogP contribution in [0.15, 0.2) is 53.0 Å². The van der Waals surface area contributed by atoms with E-state index in [-0.39, 0.29) is 5.56 Å². The number of ether oxygens (including phenoxy) is 1. The first-order chi connectivity index (χ1) is 9.95. The first-order valence-corrected chi connectivity index (χ1v) is 6.60. The van der Waals surface area contributed by atoms with E-state index in [2.05, 4.69) is 15.9 Å². The molecule has 6 heteroatoms. The van der Waals surface area contributed by atoms with Crippen molar-refractivity contribution in [3.8, 4) is 5.75 Å². The topological polar surface area (TPSA) is 83.8 Å². The number of hydrogen-bond donors (Lipinski definition) is 2. The molecule has 0 aliphatic rings. The van der Waals surface area contributed by atoms with Gasteiger partial charge in [0.1, 0.15) is 5.75 Å². The van der Waals surface area contributed by atoms with E-state index in [9.17, 15) is 9.59 Å². The molecule has 0 atom stereocenters. The summed E-state index contributed by atoms with van der Waals surface area (Å²) in [6.07, 6.45) is 0. The van der Waals surface area contributed by atoms with Crippen LogP contribution in [-0.2, 0) is 0 Å². The molecule has 0 aliphatic heterocycles. The number of carboxylic acid groups (broad SMARTS) is 2. The monoisotopic (exact) mass is 352 g/mol. The molecule has 0 aromatic heterocycles. The molecule has 2 rings (SSSR count). The number of carboxylic acids is 2. The summed E-state index contributed by atoms with van der Waals surface area (Å²) in [5.74, 6) is -1.20. The lowest BCUT2D eigenvalue weighted by Crippen LogP contribution is -1.96. The third-order valence-corrected chi connectivity index (χ3v) is 3.04. The number of aromatic carboxylic acids is 2. The fourth-order valence-electron chi connectivity index (χ4n) is 1.38. The van der Waals surface area contributed by atoms with Crippen molar-refractivity contribution in [1.82, 2.24) is 0 Å². The van der Waals surface area contributed by atoms with Crippen molar-refractivity contribution in [1.29, 1.82) is 0 Å². The molecule has 2 aromatic carbocycles. The molecule has 21 heavy (non-hydrogen) atoms. The second-order valence-corrected chi connectivity index (χ2v) is 4.68. The van der Waals surface area contributed by atoms with Gasteiger partial charge in [-0.2, -0.15) is 0 Å². The zero-order valence-corrected chi connectivity index (χ0v) is 12.7. The highest BCUT2D eigenvalue weighted by Crippen LogP contribution is 2.25. The highest BCUT2D eigenvalue weighted by Gasteiger charge is 2.05. The van der Waals surface area contributed by atoms with Crippen LogP contribution in [0.25, 0.3) is 0 Å². The average molecular weight is 353 g/mol. The predicted octanol–water partition coefficient (Wildman–Crippen LogP) is 3.54. The minimum atomic E-state index is -0.946. The van der Waals surface area contributed by atoms with E-state index < -0.39 is 11.9 Å². The Kier molecular flexibility index (Phi) is 6.42. The first kappa shape index (κ1) is 16.7. The van der Waals surface area contributed by atoms with Crippen LogP contribution < -0.4 is 4.74 Å². The lowest BCUT2D eigenvalue weighted by Gasteiger charge is -2.02. The van der Waals surface area contributed by atoms with Gasteiger partial charge in [0.2, 0.25) is 0 Å². The maximum Gasteiger partial charge on any atom is 0.335 e. The summed E-state index contributed by atoms with van der Waals surface area (Å²) >= 11 is 3.19. The van der Waals surface area contributed by atoms with Gasteiger partial charge in [-0.3, -0.25) is 0 Å². The maximum atomic E-state index is 10.5. The molecule has 0 saturated carbocycles. The average Bonchev–Trinajstić information content (AvgIpc) is 2.48. The van der Waals surface area contributed by atoms with Crippen LogP contribution in [0.1, 0.15) is 20.7 Å². The molecule has 0 spiro atoms. The second-order valence-electron chi connectivity index (χ2n) is 3.83. The highest BCUT2D eigenvalue weighted by atomic mass is 79.9.